The van der Waals surface area contributed by atoms with E-state index in [1.807, 2.05) is 6.07 Å². The zero-order valence-electron chi connectivity index (χ0n) is 12.3. The predicted octanol–water partition coefficient (Wildman–Crippen LogP) is 2.78. The maximum atomic E-state index is 12.2. The molecule has 0 saturated heterocycles. The molecule has 0 atom stereocenters. The van der Waals surface area contributed by atoms with Crippen LogP contribution in [0.2, 0.25) is 5.02 Å². The lowest BCUT2D eigenvalue weighted by atomic mass is 10.1. The van der Waals surface area contributed by atoms with Gasteiger partial charge in [0.25, 0.3) is 11.2 Å². The summed E-state index contributed by atoms with van der Waals surface area (Å²) in [5.41, 5.74) is 0.701. The zero-order chi connectivity index (χ0) is 17.1. The fourth-order valence-corrected chi connectivity index (χ4v) is 2.19. The first-order chi connectivity index (χ1) is 10.8. The van der Waals surface area contributed by atoms with Crippen LogP contribution < -0.4 is 5.56 Å². The lowest BCUT2D eigenvalue weighted by Gasteiger charge is -2.06. The lowest BCUT2D eigenvalue weighted by Crippen LogP contribution is -2.22. The van der Waals surface area contributed by atoms with Crippen LogP contribution in [-0.2, 0) is 0 Å². The predicted molar refractivity (Wildman–Crippen MR) is 86.0 cm³/mol. The van der Waals surface area contributed by atoms with Crippen LogP contribution in [0.5, 0.6) is 0 Å². The summed E-state index contributed by atoms with van der Waals surface area (Å²) in [4.78, 5) is 22.5. The number of nitro groups is 1. The summed E-state index contributed by atoms with van der Waals surface area (Å²) in [6, 6.07) is 7.41. The van der Waals surface area contributed by atoms with Gasteiger partial charge in [-0.25, -0.2) is 4.68 Å². The number of aryl methyl sites for hydroxylation is 2. The van der Waals surface area contributed by atoms with Crippen LogP contribution >= 0.6 is 11.6 Å². The standard InChI is InChI=1S/C15H11ClN4O3/c1-9-5-10(2)19(15(21)13(9)7-17)18-8-11-6-12(20(22)23)3-4-14(11)16/h3-6,8H,1-2H3. The Balaban J connectivity index is 2.54. The Labute approximate surface area is 136 Å². The summed E-state index contributed by atoms with van der Waals surface area (Å²) in [6.07, 6.45) is 1.25. The van der Waals surface area contributed by atoms with Crippen LogP contribution in [0.1, 0.15) is 22.4 Å². The van der Waals surface area contributed by atoms with Crippen molar-refractivity contribution in [2.75, 3.05) is 0 Å². The van der Waals surface area contributed by atoms with E-state index in [9.17, 15) is 14.9 Å². The van der Waals surface area contributed by atoms with Gasteiger partial charge in [-0.05, 0) is 31.5 Å². The molecule has 2 aromatic rings. The van der Waals surface area contributed by atoms with Gasteiger partial charge in [-0.1, -0.05) is 11.6 Å². The van der Waals surface area contributed by atoms with Crippen molar-refractivity contribution in [3.63, 3.8) is 0 Å². The molecule has 116 valence electrons. The average Bonchev–Trinajstić information content (AvgIpc) is 2.48. The SMILES string of the molecule is Cc1cc(C)n(N=Cc2cc([N+](=O)[O-])ccc2Cl)c(=O)c1C#N. The molecule has 2 rings (SSSR count). The van der Waals surface area contributed by atoms with E-state index in [2.05, 4.69) is 5.10 Å². The smallest absolute Gasteiger partial charge is 0.266 e. The van der Waals surface area contributed by atoms with E-state index < -0.39 is 10.5 Å². The molecule has 0 unspecified atom stereocenters. The molecule has 0 aliphatic heterocycles. The Morgan fingerprint density at radius 3 is 2.70 bits per heavy atom. The largest absolute Gasteiger partial charge is 0.289 e. The Morgan fingerprint density at radius 2 is 2.09 bits per heavy atom. The molecule has 0 saturated carbocycles. The number of nitro benzene ring substituents is 1. The first kappa shape index (κ1) is 16.4. The third-order valence-electron chi connectivity index (χ3n) is 3.17. The summed E-state index contributed by atoms with van der Waals surface area (Å²) < 4.78 is 1.06. The van der Waals surface area contributed by atoms with Crippen LogP contribution in [-0.4, -0.2) is 15.8 Å². The minimum atomic E-state index is -0.553. The molecular weight excluding hydrogens is 320 g/mol. The lowest BCUT2D eigenvalue weighted by molar-refractivity contribution is -0.384. The summed E-state index contributed by atoms with van der Waals surface area (Å²) in [5.74, 6) is 0. The van der Waals surface area contributed by atoms with E-state index in [0.29, 0.717) is 16.8 Å². The second-order valence-corrected chi connectivity index (χ2v) is 5.19. The molecule has 0 N–H and O–H groups in total. The number of nitriles is 1. The normalized spacial score (nSPS) is 10.7. The number of aromatic nitrogens is 1. The van der Waals surface area contributed by atoms with Gasteiger partial charge in [0.1, 0.15) is 11.6 Å². The van der Waals surface area contributed by atoms with Gasteiger partial charge in [0.2, 0.25) is 0 Å². The van der Waals surface area contributed by atoms with Gasteiger partial charge in [0.05, 0.1) is 11.1 Å². The maximum absolute atomic E-state index is 12.2. The van der Waals surface area contributed by atoms with Crippen LogP contribution in [0.25, 0.3) is 0 Å². The number of hydrogen-bond donors (Lipinski definition) is 0. The van der Waals surface area contributed by atoms with Crippen molar-refractivity contribution in [3.8, 4) is 6.07 Å². The van der Waals surface area contributed by atoms with Crippen molar-refractivity contribution in [3.05, 3.63) is 72.1 Å². The summed E-state index contributed by atoms with van der Waals surface area (Å²) >= 11 is 5.98. The van der Waals surface area contributed by atoms with Gasteiger partial charge in [-0.3, -0.25) is 14.9 Å². The van der Waals surface area contributed by atoms with Crippen molar-refractivity contribution < 1.29 is 4.92 Å². The Hall–Kier alpha value is -2.98. The molecule has 0 spiro atoms. The fraction of sp³-hybridized carbons (Fsp3) is 0.133. The molecule has 0 aliphatic carbocycles. The van der Waals surface area contributed by atoms with Crippen LogP contribution in [0.3, 0.4) is 0 Å². The van der Waals surface area contributed by atoms with E-state index in [4.69, 9.17) is 16.9 Å². The van der Waals surface area contributed by atoms with Crippen molar-refractivity contribution >= 4 is 23.5 Å². The van der Waals surface area contributed by atoms with Crippen molar-refractivity contribution in [1.82, 2.24) is 4.68 Å². The van der Waals surface area contributed by atoms with Gasteiger partial charge in [0, 0.05) is 28.4 Å². The van der Waals surface area contributed by atoms with E-state index in [1.54, 1.807) is 19.9 Å². The Morgan fingerprint density at radius 1 is 1.39 bits per heavy atom. The molecule has 0 aliphatic rings. The highest BCUT2D eigenvalue weighted by molar-refractivity contribution is 6.33. The van der Waals surface area contributed by atoms with Crippen LogP contribution in [0, 0.1) is 35.3 Å². The van der Waals surface area contributed by atoms with E-state index in [-0.39, 0.29) is 16.3 Å². The summed E-state index contributed by atoms with van der Waals surface area (Å²) in [6.45, 7) is 3.33. The number of hydrogen-bond acceptors (Lipinski definition) is 5. The molecule has 0 amide bonds. The zero-order valence-corrected chi connectivity index (χ0v) is 13.0. The van der Waals surface area contributed by atoms with Crippen molar-refractivity contribution in [2.24, 2.45) is 5.10 Å². The Bertz CT molecular complexity index is 926. The maximum Gasteiger partial charge on any atom is 0.289 e. The van der Waals surface area contributed by atoms with Gasteiger partial charge >= 0.3 is 0 Å². The van der Waals surface area contributed by atoms with Gasteiger partial charge < -0.3 is 0 Å². The molecule has 0 fully saturated rings. The fourth-order valence-electron chi connectivity index (χ4n) is 2.02. The number of rotatable bonds is 3. The first-order valence-electron chi connectivity index (χ1n) is 6.46. The number of nitrogens with zero attached hydrogens (tertiary/aromatic N) is 4. The van der Waals surface area contributed by atoms with Crippen molar-refractivity contribution in [2.45, 2.75) is 13.8 Å². The third kappa shape index (κ3) is 3.27. The number of benzene rings is 1. The quantitative estimate of drug-likeness (QED) is 0.490. The monoisotopic (exact) mass is 330 g/mol. The third-order valence-corrected chi connectivity index (χ3v) is 3.52. The second-order valence-electron chi connectivity index (χ2n) is 4.78. The molecule has 23 heavy (non-hydrogen) atoms. The van der Waals surface area contributed by atoms with Gasteiger partial charge in [0.15, 0.2) is 0 Å². The minimum absolute atomic E-state index is 0.00195. The average molecular weight is 331 g/mol. The number of pyridine rings is 1. The van der Waals surface area contributed by atoms with Gasteiger partial charge in [-0.2, -0.15) is 10.4 Å². The summed E-state index contributed by atoms with van der Waals surface area (Å²) in [5, 5.41) is 24.1. The van der Waals surface area contributed by atoms with Crippen LogP contribution in [0.15, 0.2) is 34.2 Å². The molecule has 0 radical (unpaired) electrons. The molecule has 1 heterocycles. The van der Waals surface area contributed by atoms with E-state index >= 15 is 0 Å². The minimum Gasteiger partial charge on any atom is -0.266 e. The van der Waals surface area contributed by atoms with E-state index in [0.717, 1.165) is 4.68 Å². The molecule has 1 aromatic carbocycles. The Kier molecular flexibility index (Phi) is 4.57. The molecule has 7 nitrogen and oxygen atoms in total. The molecule has 0 bridgehead atoms. The number of halogens is 1. The van der Waals surface area contributed by atoms with E-state index in [1.165, 1.54) is 24.4 Å². The molecule has 8 heteroatoms. The highest BCUT2D eigenvalue weighted by atomic mass is 35.5. The molecular formula is C15H11ClN4O3. The molecule has 1 aromatic heterocycles. The highest BCUT2D eigenvalue weighted by Gasteiger charge is 2.11. The topological polar surface area (TPSA) is 101 Å². The second kappa shape index (κ2) is 6.42. The number of non-ortho nitro benzene ring substituents is 1. The van der Waals surface area contributed by atoms with Crippen molar-refractivity contribution in [1.29, 1.82) is 5.26 Å². The first-order valence-corrected chi connectivity index (χ1v) is 6.84. The summed E-state index contributed by atoms with van der Waals surface area (Å²) in [7, 11) is 0. The van der Waals surface area contributed by atoms with Gasteiger partial charge in [-0.15, -0.1) is 0 Å². The van der Waals surface area contributed by atoms with Crippen LogP contribution in [0.4, 0.5) is 5.69 Å². The highest BCUT2D eigenvalue weighted by Crippen LogP contribution is 2.20.